The number of rotatable bonds is 13. The van der Waals surface area contributed by atoms with Crippen LogP contribution in [0.1, 0.15) is 50.2 Å². The van der Waals surface area contributed by atoms with E-state index in [9.17, 15) is 17.6 Å². The van der Waals surface area contributed by atoms with E-state index in [1.807, 2.05) is 42.5 Å². The number of hydrogen-bond acceptors (Lipinski definition) is 2. The quantitative estimate of drug-likeness (QED) is 0.121. The number of alkyl halides is 3. The standard InChI is InChI=1S/C33H33F5O2/c1-2-3-4-5-6-19-39-28-15-12-24(13-16-28)26-14-17-29-27(21-26)11-10-25(32(29)35)9-7-23-8-18-31(30(34)20-23)40-22-33(36,37)38/h8,10-18,20-21H,2-7,9,19,22H2,1H3. The molecular formula is C33H33F5O2. The molecule has 0 unspecified atom stereocenters. The summed E-state index contributed by atoms with van der Waals surface area (Å²) in [5.41, 5.74) is 2.99. The highest BCUT2D eigenvalue weighted by molar-refractivity contribution is 5.88. The maximum absolute atomic E-state index is 15.3. The molecule has 2 nitrogen and oxygen atoms in total. The lowest BCUT2D eigenvalue weighted by Crippen LogP contribution is -2.19. The molecule has 0 amide bonds. The summed E-state index contributed by atoms with van der Waals surface area (Å²) in [6.45, 7) is 1.34. The van der Waals surface area contributed by atoms with Crippen LogP contribution in [0.5, 0.6) is 11.5 Å². The fourth-order valence-corrected chi connectivity index (χ4v) is 4.60. The van der Waals surface area contributed by atoms with Crippen LogP contribution in [0.2, 0.25) is 0 Å². The first-order chi connectivity index (χ1) is 19.2. The molecule has 0 heterocycles. The van der Waals surface area contributed by atoms with E-state index >= 15 is 4.39 Å². The highest BCUT2D eigenvalue weighted by Crippen LogP contribution is 2.30. The van der Waals surface area contributed by atoms with Gasteiger partial charge in [0, 0.05) is 5.39 Å². The Morgan fingerprint density at radius 3 is 2.17 bits per heavy atom. The summed E-state index contributed by atoms with van der Waals surface area (Å²) in [7, 11) is 0. The van der Waals surface area contributed by atoms with Crippen LogP contribution in [0.3, 0.4) is 0 Å². The topological polar surface area (TPSA) is 18.5 Å². The Hall–Kier alpha value is -3.61. The minimum absolute atomic E-state index is 0.311. The van der Waals surface area contributed by atoms with E-state index in [1.54, 1.807) is 12.1 Å². The third kappa shape index (κ3) is 8.20. The molecule has 0 bridgehead atoms. The fraction of sp³-hybridized carbons (Fsp3) is 0.333. The van der Waals surface area contributed by atoms with E-state index in [1.165, 1.54) is 37.8 Å². The van der Waals surface area contributed by atoms with Crippen molar-refractivity contribution in [3.05, 3.63) is 95.6 Å². The molecule has 0 fully saturated rings. The Morgan fingerprint density at radius 1 is 0.700 bits per heavy atom. The maximum Gasteiger partial charge on any atom is 0.422 e. The molecule has 0 saturated carbocycles. The van der Waals surface area contributed by atoms with Crippen LogP contribution < -0.4 is 9.47 Å². The van der Waals surface area contributed by atoms with Gasteiger partial charge in [-0.2, -0.15) is 13.2 Å². The van der Waals surface area contributed by atoms with Gasteiger partial charge in [-0.25, -0.2) is 8.78 Å². The predicted molar refractivity (Wildman–Crippen MR) is 149 cm³/mol. The first kappa shape index (κ1) is 29.4. The van der Waals surface area contributed by atoms with Crippen LogP contribution in [0, 0.1) is 11.6 Å². The molecule has 4 rings (SSSR count). The van der Waals surface area contributed by atoms with E-state index in [2.05, 4.69) is 11.7 Å². The van der Waals surface area contributed by atoms with Crippen molar-refractivity contribution >= 4 is 10.8 Å². The summed E-state index contributed by atoms with van der Waals surface area (Å²) in [4.78, 5) is 0. The third-order valence-electron chi connectivity index (χ3n) is 6.81. The summed E-state index contributed by atoms with van der Waals surface area (Å²) >= 11 is 0. The van der Waals surface area contributed by atoms with Crippen LogP contribution in [-0.2, 0) is 12.8 Å². The molecule has 4 aromatic rings. The Morgan fingerprint density at radius 2 is 1.45 bits per heavy atom. The van der Waals surface area contributed by atoms with Gasteiger partial charge in [-0.3, -0.25) is 0 Å². The average Bonchev–Trinajstić information content (AvgIpc) is 2.94. The van der Waals surface area contributed by atoms with Crippen molar-refractivity contribution in [3.63, 3.8) is 0 Å². The van der Waals surface area contributed by atoms with Crippen molar-refractivity contribution in [1.29, 1.82) is 0 Å². The first-order valence-corrected chi connectivity index (χ1v) is 13.7. The molecule has 0 saturated heterocycles. The van der Waals surface area contributed by atoms with Crippen molar-refractivity contribution in [2.24, 2.45) is 0 Å². The summed E-state index contributed by atoms with van der Waals surface area (Å²) < 4.78 is 76.8. The van der Waals surface area contributed by atoms with Crippen molar-refractivity contribution in [2.75, 3.05) is 13.2 Å². The van der Waals surface area contributed by atoms with Gasteiger partial charge in [0.1, 0.15) is 11.6 Å². The highest BCUT2D eigenvalue weighted by Gasteiger charge is 2.29. The third-order valence-corrected chi connectivity index (χ3v) is 6.81. The molecule has 0 atom stereocenters. The normalized spacial score (nSPS) is 11.7. The maximum atomic E-state index is 15.3. The molecule has 7 heteroatoms. The predicted octanol–water partition coefficient (Wildman–Crippen LogP) is 9.86. The first-order valence-electron chi connectivity index (χ1n) is 13.7. The zero-order chi connectivity index (χ0) is 28.5. The second-order valence-corrected chi connectivity index (χ2v) is 9.93. The van der Waals surface area contributed by atoms with Gasteiger partial charge >= 0.3 is 6.18 Å². The summed E-state index contributed by atoms with van der Waals surface area (Å²) in [5, 5.41) is 1.26. The number of fused-ring (bicyclic) bond motifs is 1. The molecule has 0 aliphatic carbocycles. The Kier molecular flexibility index (Phi) is 10.0. The number of benzene rings is 4. The van der Waals surface area contributed by atoms with Crippen molar-refractivity contribution < 1.29 is 31.4 Å². The minimum atomic E-state index is -4.55. The van der Waals surface area contributed by atoms with E-state index in [0.717, 1.165) is 34.7 Å². The van der Waals surface area contributed by atoms with Gasteiger partial charge in [-0.15, -0.1) is 0 Å². The molecule has 0 aromatic heterocycles. The van der Waals surface area contributed by atoms with Gasteiger partial charge in [-0.05, 0) is 77.2 Å². The van der Waals surface area contributed by atoms with Crippen LogP contribution in [0.4, 0.5) is 22.0 Å². The van der Waals surface area contributed by atoms with Crippen LogP contribution in [0.15, 0.2) is 72.8 Å². The van der Waals surface area contributed by atoms with E-state index in [0.29, 0.717) is 36.0 Å². The minimum Gasteiger partial charge on any atom is -0.494 e. The van der Waals surface area contributed by atoms with E-state index < -0.39 is 24.3 Å². The summed E-state index contributed by atoms with van der Waals surface area (Å²) in [6, 6.07) is 20.9. The molecule has 0 aliphatic rings. The lowest BCUT2D eigenvalue weighted by molar-refractivity contribution is -0.153. The Labute approximate surface area is 231 Å². The van der Waals surface area contributed by atoms with Gasteiger partial charge in [-0.1, -0.05) is 75.1 Å². The molecule has 0 aliphatic heterocycles. The molecule has 0 N–H and O–H groups in total. The zero-order valence-corrected chi connectivity index (χ0v) is 22.5. The Balaban J connectivity index is 1.37. The molecule has 4 aromatic carbocycles. The Bertz CT molecular complexity index is 1400. The van der Waals surface area contributed by atoms with Crippen molar-refractivity contribution in [2.45, 2.75) is 58.0 Å². The van der Waals surface area contributed by atoms with Crippen LogP contribution in [-0.4, -0.2) is 19.4 Å². The second kappa shape index (κ2) is 13.6. The molecule has 0 spiro atoms. The van der Waals surface area contributed by atoms with Gasteiger partial charge in [0.2, 0.25) is 0 Å². The van der Waals surface area contributed by atoms with Gasteiger partial charge < -0.3 is 9.47 Å². The largest absolute Gasteiger partial charge is 0.494 e. The number of hydrogen-bond donors (Lipinski definition) is 0. The van der Waals surface area contributed by atoms with Crippen LogP contribution >= 0.6 is 0 Å². The molecule has 0 radical (unpaired) electrons. The highest BCUT2D eigenvalue weighted by atomic mass is 19.4. The molecule has 212 valence electrons. The number of unbranched alkanes of at least 4 members (excludes halogenated alkanes) is 4. The van der Waals surface area contributed by atoms with Crippen molar-refractivity contribution in [3.8, 4) is 22.6 Å². The zero-order valence-electron chi connectivity index (χ0n) is 22.5. The second-order valence-electron chi connectivity index (χ2n) is 9.93. The van der Waals surface area contributed by atoms with Gasteiger partial charge in [0.05, 0.1) is 6.61 Å². The molecule has 40 heavy (non-hydrogen) atoms. The average molecular weight is 557 g/mol. The number of aryl methyl sites for hydroxylation is 2. The monoisotopic (exact) mass is 556 g/mol. The van der Waals surface area contributed by atoms with E-state index in [4.69, 9.17) is 4.74 Å². The SMILES string of the molecule is CCCCCCCOc1ccc(-c2ccc3c(F)c(CCc4ccc(OCC(F)(F)F)c(F)c4)ccc3c2)cc1. The smallest absolute Gasteiger partial charge is 0.422 e. The lowest BCUT2D eigenvalue weighted by atomic mass is 9.97. The summed E-state index contributed by atoms with van der Waals surface area (Å²) in [5.74, 6) is -0.847. The lowest BCUT2D eigenvalue weighted by Gasteiger charge is -2.12. The number of halogens is 5. The van der Waals surface area contributed by atoms with Crippen LogP contribution in [0.25, 0.3) is 21.9 Å². The van der Waals surface area contributed by atoms with Gasteiger partial charge in [0.25, 0.3) is 0 Å². The van der Waals surface area contributed by atoms with E-state index in [-0.39, 0.29) is 5.82 Å². The van der Waals surface area contributed by atoms with Crippen molar-refractivity contribution in [1.82, 2.24) is 0 Å². The summed E-state index contributed by atoms with van der Waals surface area (Å²) in [6.07, 6.45) is 2.03. The van der Waals surface area contributed by atoms with Gasteiger partial charge in [0.15, 0.2) is 18.2 Å². The fourth-order valence-electron chi connectivity index (χ4n) is 4.60. The number of ether oxygens (including phenoxy) is 2. The molecular weight excluding hydrogens is 523 g/mol.